The van der Waals surface area contributed by atoms with Crippen molar-refractivity contribution in [3.63, 3.8) is 0 Å². The van der Waals surface area contributed by atoms with Crippen LogP contribution in [0.4, 0.5) is 0 Å². The number of ether oxygens (including phenoxy) is 1. The van der Waals surface area contributed by atoms with Crippen LogP contribution in [0.3, 0.4) is 0 Å². The van der Waals surface area contributed by atoms with Gasteiger partial charge in [-0.2, -0.15) is 0 Å². The molecule has 0 unspecified atom stereocenters. The Morgan fingerprint density at radius 3 is 2.57 bits per heavy atom. The molecule has 160 valence electrons. The molecule has 1 fully saturated rings. The molecule has 0 N–H and O–H groups in total. The number of carbonyl (C=O) groups is 2. The molecule has 0 aromatic heterocycles. The summed E-state index contributed by atoms with van der Waals surface area (Å²) in [6.45, 7) is 5.77. The Morgan fingerprint density at radius 1 is 1.00 bits per heavy atom. The third-order valence-corrected chi connectivity index (χ3v) is 5.30. The van der Waals surface area contributed by atoms with Gasteiger partial charge in [0.25, 0.3) is 5.91 Å². The maximum atomic E-state index is 13.0. The van der Waals surface area contributed by atoms with Gasteiger partial charge < -0.3 is 14.5 Å². The standard InChI is InChI=1S/C24H31N3O3/c1-19-7-4-8-20(15-19)18-30-22-10-5-9-21(16-22)24(29)27-12-6-11-26(13-14-27)17-23(28)25(2)3/h4-5,7-10,15-16H,6,11-14,17-18H2,1-3H3. The van der Waals surface area contributed by atoms with Gasteiger partial charge in [-0.15, -0.1) is 0 Å². The molecule has 30 heavy (non-hydrogen) atoms. The number of nitrogens with zero attached hydrogens (tertiary/aromatic N) is 3. The molecule has 0 saturated carbocycles. The van der Waals surface area contributed by atoms with E-state index in [0.29, 0.717) is 44.1 Å². The van der Waals surface area contributed by atoms with E-state index in [1.165, 1.54) is 5.56 Å². The summed E-state index contributed by atoms with van der Waals surface area (Å²) in [6.07, 6.45) is 0.857. The quantitative estimate of drug-likeness (QED) is 0.736. The Bertz CT molecular complexity index is 882. The molecular weight excluding hydrogens is 378 g/mol. The van der Waals surface area contributed by atoms with Gasteiger partial charge in [-0.25, -0.2) is 0 Å². The first-order chi connectivity index (χ1) is 14.4. The predicted molar refractivity (Wildman–Crippen MR) is 118 cm³/mol. The summed E-state index contributed by atoms with van der Waals surface area (Å²) in [7, 11) is 3.54. The van der Waals surface area contributed by atoms with Crippen molar-refractivity contribution in [1.29, 1.82) is 0 Å². The summed E-state index contributed by atoms with van der Waals surface area (Å²) in [5.74, 6) is 0.792. The van der Waals surface area contributed by atoms with Gasteiger partial charge in [0.2, 0.25) is 5.91 Å². The molecule has 0 atom stereocenters. The summed E-state index contributed by atoms with van der Waals surface area (Å²) >= 11 is 0. The van der Waals surface area contributed by atoms with Gasteiger partial charge >= 0.3 is 0 Å². The molecule has 0 bridgehead atoms. The molecule has 1 aliphatic heterocycles. The Hall–Kier alpha value is -2.86. The highest BCUT2D eigenvalue weighted by Crippen LogP contribution is 2.18. The first-order valence-electron chi connectivity index (χ1n) is 10.4. The SMILES string of the molecule is Cc1cccc(COc2cccc(C(=O)N3CCCN(CC(=O)N(C)C)CC3)c2)c1. The second-order valence-electron chi connectivity index (χ2n) is 8.02. The van der Waals surface area contributed by atoms with E-state index in [1.54, 1.807) is 19.0 Å². The molecule has 1 aliphatic rings. The second kappa shape index (κ2) is 10.3. The Kier molecular flexibility index (Phi) is 7.46. The first-order valence-corrected chi connectivity index (χ1v) is 10.4. The maximum absolute atomic E-state index is 13.0. The number of rotatable bonds is 6. The van der Waals surface area contributed by atoms with Crippen molar-refractivity contribution in [2.75, 3.05) is 46.8 Å². The van der Waals surface area contributed by atoms with Crippen molar-refractivity contribution in [1.82, 2.24) is 14.7 Å². The number of amides is 2. The van der Waals surface area contributed by atoms with Crippen molar-refractivity contribution >= 4 is 11.8 Å². The third kappa shape index (κ3) is 6.07. The number of likely N-dealkylation sites (N-methyl/N-ethyl adjacent to an activating group) is 1. The molecule has 1 heterocycles. The van der Waals surface area contributed by atoms with Gasteiger partial charge in [0.1, 0.15) is 12.4 Å². The molecule has 1 saturated heterocycles. The number of hydrogen-bond acceptors (Lipinski definition) is 4. The summed E-state index contributed by atoms with van der Waals surface area (Å²) in [5.41, 5.74) is 2.93. The minimum absolute atomic E-state index is 0.0109. The summed E-state index contributed by atoms with van der Waals surface area (Å²) < 4.78 is 5.91. The van der Waals surface area contributed by atoms with Crippen LogP contribution in [0, 0.1) is 6.92 Å². The van der Waals surface area contributed by atoms with E-state index < -0.39 is 0 Å². The van der Waals surface area contributed by atoms with Crippen LogP contribution in [0.2, 0.25) is 0 Å². The first kappa shape index (κ1) is 21.8. The van der Waals surface area contributed by atoms with Gasteiger partial charge in [-0.05, 0) is 37.1 Å². The fourth-order valence-corrected chi connectivity index (χ4v) is 3.53. The van der Waals surface area contributed by atoms with Gasteiger partial charge in [-0.1, -0.05) is 35.9 Å². The summed E-state index contributed by atoms with van der Waals surface area (Å²) in [5, 5.41) is 0. The fraction of sp³-hybridized carbons (Fsp3) is 0.417. The lowest BCUT2D eigenvalue weighted by atomic mass is 10.1. The van der Waals surface area contributed by atoms with Gasteiger partial charge in [0.15, 0.2) is 0 Å². The van der Waals surface area contributed by atoms with Crippen LogP contribution < -0.4 is 4.74 Å². The third-order valence-electron chi connectivity index (χ3n) is 5.30. The van der Waals surface area contributed by atoms with Crippen LogP contribution in [0.25, 0.3) is 0 Å². The number of hydrogen-bond donors (Lipinski definition) is 0. The lowest BCUT2D eigenvalue weighted by Crippen LogP contribution is -2.39. The van der Waals surface area contributed by atoms with Crippen LogP contribution >= 0.6 is 0 Å². The van der Waals surface area contributed by atoms with Crippen LogP contribution in [0.1, 0.15) is 27.9 Å². The van der Waals surface area contributed by atoms with Crippen LogP contribution in [0.5, 0.6) is 5.75 Å². The average Bonchev–Trinajstić information content (AvgIpc) is 2.97. The highest BCUT2D eigenvalue weighted by molar-refractivity contribution is 5.94. The van der Waals surface area contributed by atoms with Crippen molar-refractivity contribution in [2.45, 2.75) is 20.0 Å². The van der Waals surface area contributed by atoms with Crippen LogP contribution in [-0.2, 0) is 11.4 Å². The van der Waals surface area contributed by atoms with Crippen molar-refractivity contribution in [3.05, 3.63) is 65.2 Å². The Labute approximate surface area is 179 Å². The largest absolute Gasteiger partial charge is 0.489 e. The number of benzene rings is 2. The van der Waals surface area contributed by atoms with E-state index in [-0.39, 0.29) is 11.8 Å². The molecule has 3 rings (SSSR count). The smallest absolute Gasteiger partial charge is 0.254 e. The minimum atomic E-state index is 0.0109. The molecule has 0 spiro atoms. The zero-order chi connectivity index (χ0) is 21.5. The van der Waals surface area contributed by atoms with Crippen LogP contribution in [-0.4, -0.2) is 73.3 Å². The zero-order valence-corrected chi connectivity index (χ0v) is 18.1. The Balaban J connectivity index is 1.58. The number of carbonyl (C=O) groups excluding carboxylic acids is 2. The molecule has 2 amide bonds. The minimum Gasteiger partial charge on any atom is -0.489 e. The molecule has 6 heteroatoms. The summed E-state index contributed by atoms with van der Waals surface area (Å²) in [4.78, 5) is 30.6. The number of aryl methyl sites for hydroxylation is 1. The van der Waals surface area contributed by atoms with E-state index in [1.807, 2.05) is 41.3 Å². The lowest BCUT2D eigenvalue weighted by Gasteiger charge is -2.23. The summed E-state index contributed by atoms with van der Waals surface area (Å²) in [6, 6.07) is 15.6. The predicted octanol–water partition coefficient (Wildman–Crippen LogP) is 2.81. The van der Waals surface area contributed by atoms with E-state index in [4.69, 9.17) is 4.74 Å². The van der Waals surface area contributed by atoms with Gasteiger partial charge in [0.05, 0.1) is 6.54 Å². The van der Waals surface area contributed by atoms with Crippen molar-refractivity contribution in [3.8, 4) is 5.75 Å². The molecule has 2 aromatic rings. The van der Waals surface area contributed by atoms with Gasteiger partial charge in [0, 0.05) is 45.8 Å². The monoisotopic (exact) mass is 409 g/mol. The topological polar surface area (TPSA) is 53.1 Å². The zero-order valence-electron chi connectivity index (χ0n) is 18.1. The van der Waals surface area contributed by atoms with Crippen molar-refractivity contribution < 1.29 is 14.3 Å². The van der Waals surface area contributed by atoms with E-state index >= 15 is 0 Å². The highest BCUT2D eigenvalue weighted by atomic mass is 16.5. The van der Waals surface area contributed by atoms with E-state index in [2.05, 4.69) is 24.0 Å². The van der Waals surface area contributed by atoms with Crippen LogP contribution in [0.15, 0.2) is 48.5 Å². The highest BCUT2D eigenvalue weighted by Gasteiger charge is 2.22. The average molecular weight is 410 g/mol. The Morgan fingerprint density at radius 2 is 1.80 bits per heavy atom. The van der Waals surface area contributed by atoms with Crippen molar-refractivity contribution in [2.24, 2.45) is 0 Å². The molecule has 0 aliphatic carbocycles. The normalized spacial score (nSPS) is 14.8. The molecule has 0 radical (unpaired) electrons. The molecular formula is C24H31N3O3. The lowest BCUT2D eigenvalue weighted by molar-refractivity contribution is -0.129. The molecule has 2 aromatic carbocycles. The van der Waals surface area contributed by atoms with E-state index in [9.17, 15) is 9.59 Å². The molecule has 6 nitrogen and oxygen atoms in total. The second-order valence-corrected chi connectivity index (χ2v) is 8.02. The maximum Gasteiger partial charge on any atom is 0.254 e. The van der Waals surface area contributed by atoms with Gasteiger partial charge in [-0.3, -0.25) is 14.5 Å². The van der Waals surface area contributed by atoms with E-state index in [0.717, 1.165) is 18.5 Å². The fourth-order valence-electron chi connectivity index (χ4n) is 3.53.